The van der Waals surface area contributed by atoms with Crippen molar-refractivity contribution in [3.8, 4) is 10.6 Å². The normalized spacial score (nSPS) is 12.4. The van der Waals surface area contributed by atoms with Crippen LogP contribution in [-0.2, 0) is 14.8 Å². The minimum atomic E-state index is -3.70. The number of amides is 1. The monoisotopic (exact) mass is 444 g/mol. The zero-order valence-corrected chi connectivity index (χ0v) is 18.9. The van der Waals surface area contributed by atoms with E-state index in [0.717, 1.165) is 22.9 Å². The van der Waals surface area contributed by atoms with E-state index >= 15 is 0 Å². The van der Waals surface area contributed by atoms with Gasteiger partial charge in [-0.2, -0.15) is 0 Å². The van der Waals surface area contributed by atoms with Gasteiger partial charge in [0.2, 0.25) is 21.1 Å². The van der Waals surface area contributed by atoms with Gasteiger partial charge in [-0.1, -0.05) is 60.7 Å². The molecular formula is C21H24N4O3S2. The smallest absolute Gasteiger partial charge is 0.250 e. The van der Waals surface area contributed by atoms with Crippen LogP contribution in [0.3, 0.4) is 0 Å². The molecule has 0 radical (unpaired) electrons. The van der Waals surface area contributed by atoms with Crippen molar-refractivity contribution in [2.45, 2.75) is 33.2 Å². The maximum atomic E-state index is 13.1. The number of rotatable bonds is 7. The second kappa shape index (κ2) is 8.93. The van der Waals surface area contributed by atoms with E-state index in [9.17, 15) is 13.2 Å². The van der Waals surface area contributed by atoms with Gasteiger partial charge in [-0.15, -0.1) is 10.2 Å². The summed E-state index contributed by atoms with van der Waals surface area (Å²) in [6.45, 7) is 5.49. The van der Waals surface area contributed by atoms with Crippen LogP contribution in [0.4, 0.5) is 10.8 Å². The second-order valence-electron chi connectivity index (χ2n) is 7.04. The highest BCUT2D eigenvalue weighted by Gasteiger charge is 2.33. The van der Waals surface area contributed by atoms with Crippen LogP contribution in [0, 0.1) is 13.8 Å². The molecule has 7 nitrogen and oxygen atoms in total. The number of hydrogen-bond donors (Lipinski definition) is 1. The highest BCUT2D eigenvalue weighted by molar-refractivity contribution is 7.92. The first-order chi connectivity index (χ1) is 14.2. The molecule has 1 aromatic heterocycles. The molecule has 0 unspecified atom stereocenters. The van der Waals surface area contributed by atoms with Crippen LogP contribution in [0.25, 0.3) is 10.6 Å². The molecule has 30 heavy (non-hydrogen) atoms. The Kier molecular flexibility index (Phi) is 6.52. The molecule has 0 aliphatic carbocycles. The molecule has 0 bridgehead atoms. The van der Waals surface area contributed by atoms with Crippen LogP contribution in [0.1, 0.15) is 24.5 Å². The first-order valence-electron chi connectivity index (χ1n) is 9.47. The van der Waals surface area contributed by atoms with Gasteiger partial charge in [0.25, 0.3) is 0 Å². The van der Waals surface area contributed by atoms with Crippen molar-refractivity contribution in [1.82, 2.24) is 10.2 Å². The first-order valence-corrected chi connectivity index (χ1v) is 12.1. The van der Waals surface area contributed by atoms with Crippen molar-refractivity contribution < 1.29 is 13.2 Å². The SMILES string of the molecule is CC[C@H](C(=O)Nc1nnc(-c2ccccc2)s1)N(c1cc(C)ccc1C)S(C)(=O)=O. The van der Waals surface area contributed by atoms with Crippen molar-refractivity contribution in [3.05, 3.63) is 59.7 Å². The molecule has 0 saturated heterocycles. The highest BCUT2D eigenvalue weighted by Crippen LogP contribution is 2.29. The Morgan fingerprint density at radius 1 is 1.13 bits per heavy atom. The number of hydrogen-bond acceptors (Lipinski definition) is 6. The number of aromatic nitrogens is 2. The summed E-state index contributed by atoms with van der Waals surface area (Å²) in [5.41, 5.74) is 3.09. The summed E-state index contributed by atoms with van der Waals surface area (Å²) in [5, 5.41) is 11.9. The number of nitrogens with zero attached hydrogens (tertiary/aromatic N) is 3. The van der Waals surface area contributed by atoms with Crippen LogP contribution in [0.2, 0.25) is 0 Å². The summed E-state index contributed by atoms with van der Waals surface area (Å²) in [4.78, 5) is 13.1. The first kappa shape index (κ1) is 21.9. The van der Waals surface area contributed by atoms with E-state index in [1.54, 1.807) is 13.0 Å². The van der Waals surface area contributed by atoms with Gasteiger partial charge in [0.05, 0.1) is 11.9 Å². The van der Waals surface area contributed by atoms with Gasteiger partial charge in [-0.25, -0.2) is 8.42 Å². The molecule has 0 spiro atoms. The topological polar surface area (TPSA) is 92.3 Å². The van der Waals surface area contributed by atoms with Gasteiger partial charge in [-0.3, -0.25) is 14.4 Å². The van der Waals surface area contributed by atoms with Crippen LogP contribution >= 0.6 is 11.3 Å². The van der Waals surface area contributed by atoms with Crippen LogP contribution < -0.4 is 9.62 Å². The Morgan fingerprint density at radius 3 is 2.47 bits per heavy atom. The predicted molar refractivity (Wildman–Crippen MR) is 121 cm³/mol. The Balaban J connectivity index is 1.90. The fourth-order valence-electron chi connectivity index (χ4n) is 3.15. The average Bonchev–Trinajstić information content (AvgIpc) is 3.16. The lowest BCUT2D eigenvalue weighted by molar-refractivity contribution is -0.117. The quantitative estimate of drug-likeness (QED) is 0.594. The Morgan fingerprint density at radius 2 is 1.83 bits per heavy atom. The van der Waals surface area contributed by atoms with Crippen molar-refractivity contribution in [3.63, 3.8) is 0 Å². The third-order valence-electron chi connectivity index (χ3n) is 4.61. The van der Waals surface area contributed by atoms with E-state index < -0.39 is 22.0 Å². The van der Waals surface area contributed by atoms with Gasteiger partial charge in [0.15, 0.2) is 0 Å². The summed E-state index contributed by atoms with van der Waals surface area (Å²) in [7, 11) is -3.70. The average molecular weight is 445 g/mol. The molecule has 9 heteroatoms. The summed E-state index contributed by atoms with van der Waals surface area (Å²) in [6.07, 6.45) is 1.42. The van der Waals surface area contributed by atoms with E-state index in [1.165, 1.54) is 15.6 Å². The molecule has 158 valence electrons. The van der Waals surface area contributed by atoms with E-state index in [-0.39, 0.29) is 0 Å². The second-order valence-corrected chi connectivity index (χ2v) is 9.88. The van der Waals surface area contributed by atoms with Crippen LogP contribution in [0.5, 0.6) is 0 Å². The molecule has 1 atom stereocenters. The number of benzene rings is 2. The van der Waals surface area contributed by atoms with Crippen molar-refractivity contribution in [2.24, 2.45) is 0 Å². The van der Waals surface area contributed by atoms with E-state index in [2.05, 4.69) is 15.5 Å². The molecule has 3 aromatic rings. The molecule has 1 heterocycles. The molecule has 0 aliphatic rings. The molecule has 0 saturated carbocycles. The minimum Gasteiger partial charge on any atom is -0.299 e. The molecule has 1 amide bonds. The molecule has 0 aliphatic heterocycles. The zero-order chi connectivity index (χ0) is 21.9. The number of sulfonamides is 1. The number of nitrogens with one attached hydrogen (secondary N) is 1. The number of carbonyl (C=O) groups excluding carboxylic acids is 1. The molecule has 0 fully saturated rings. The number of aryl methyl sites for hydroxylation is 2. The Hall–Kier alpha value is -2.78. The molecule has 2 aromatic carbocycles. The number of carbonyl (C=O) groups is 1. The summed E-state index contributed by atoms with van der Waals surface area (Å²) in [6, 6.07) is 14.2. The lowest BCUT2D eigenvalue weighted by atomic mass is 10.1. The summed E-state index contributed by atoms with van der Waals surface area (Å²) in [5.74, 6) is -0.445. The van der Waals surface area contributed by atoms with Gasteiger partial charge in [0.1, 0.15) is 11.0 Å². The van der Waals surface area contributed by atoms with Gasteiger partial charge < -0.3 is 0 Å². The van der Waals surface area contributed by atoms with E-state index in [0.29, 0.717) is 22.2 Å². The number of anilines is 2. The van der Waals surface area contributed by atoms with E-state index in [4.69, 9.17) is 0 Å². The third-order valence-corrected chi connectivity index (χ3v) is 6.66. The Labute approximate surface area is 180 Å². The van der Waals surface area contributed by atoms with E-state index in [1.807, 2.05) is 56.3 Å². The van der Waals surface area contributed by atoms with Crippen molar-refractivity contribution in [1.29, 1.82) is 0 Å². The highest BCUT2D eigenvalue weighted by atomic mass is 32.2. The van der Waals surface area contributed by atoms with Gasteiger partial charge >= 0.3 is 0 Å². The van der Waals surface area contributed by atoms with Crippen LogP contribution in [-0.4, -0.2) is 36.8 Å². The predicted octanol–water partition coefficient (Wildman–Crippen LogP) is 4.01. The van der Waals surface area contributed by atoms with Crippen molar-refractivity contribution in [2.75, 3.05) is 15.9 Å². The standard InChI is InChI=1S/C21H24N4O3S2/c1-5-17(25(30(4,27)28)18-13-14(2)11-12-15(18)3)19(26)22-21-24-23-20(29-21)16-9-7-6-8-10-16/h6-13,17H,5H2,1-4H3,(H,22,24,26)/t17-/m1/s1. The fraction of sp³-hybridized carbons (Fsp3) is 0.286. The third kappa shape index (κ3) is 4.85. The lowest BCUT2D eigenvalue weighted by Gasteiger charge is -2.31. The largest absolute Gasteiger partial charge is 0.299 e. The molecule has 3 rings (SSSR count). The van der Waals surface area contributed by atoms with Crippen LogP contribution in [0.15, 0.2) is 48.5 Å². The lowest BCUT2D eigenvalue weighted by Crippen LogP contribution is -2.47. The maximum absolute atomic E-state index is 13.1. The molecular weight excluding hydrogens is 420 g/mol. The van der Waals surface area contributed by atoms with Gasteiger partial charge in [-0.05, 0) is 37.5 Å². The van der Waals surface area contributed by atoms with Crippen molar-refractivity contribution >= 4 is 38.1 Å². The maximum Gasteiger partial charge on any atom is 0.250 e. The Bertz CT molecular complexity index is 1140. The van der Waals surface area contributed by atoms with Gasteiger partial charge in [0, 0.05) is 5.56 Å². The fourth-order valence-corrected chi connectivity index (χ4v) is 5.17. The zero-order valence-electron chi connectivity index (χ0n) is 17.3. The summed E-state index contributed by atoms with van der Waals surface area (Å²) >= 11 is 1.24. The molecule has 1 N–H and O–H groups in total. The minimum absolute atomic E-state index is 0.302. The summed E-state index contributed by atoms with van der Waals surface area (Å²) < 4.78 is 26.5.